The van der Waals surface area contributed by atoms with Crippen LogP contribution in [0.25, 0.3) is 0 Å². The molecule has 0 fully saturated rings. The van der Waals surface area contributed by atoms with Crippen molar-refractivity contribution < 1.29 is 14.6 Å². The first kappa shape index (κ1) is 14.5. The van der Waals surface area contributed by atoms with Gasteiger partial charge in [-0.25, -0.2) is 0 Å². The number of carbonyl (C=O) groups excluding carboxylic acids is 1. The molecule has 0 unspecified atom stereocenters. The van der Waals surface area contributed by atoms with Crippen LogP contribution in [0.4, 0.5) is 5.69 Å². The molecule has 0 radical (unpaired) electrons. The van der Waals surface area contributed by atoms with Crippen LogP contribution in [0, 0.1) is 13.8 Å². The predicted octanol–water partition coefficient (Wildman–Crippen LogP) is 1.18. The molecule has 3 N–H and O–H groups in total. The molecule has 0 spiro atoms. The van der Waals surface area contributed by atoms with Gasteiger partial charge in [-0.3, -0.25) is 4.79 Å². The molecule has 0 aromatic heterocycles. The Hall–Kier alpha value is -1.59. The molecule has 0 bridgehead atoms. The van der Waals surface area contributed by atoms with Gasteiger partial charge in [-0.15, -0.1) is 0 Å². The molecular formula is C13H20N2O3. The lowest BCUT2D eigenvalue weighted by molar-refractivity contribution is -0.115. The van der Waals surface area contributed by atoms with Crippen LogP contribution in [0.1, 0.15) is 11.1 Å². The largest absolute Gasteiger partial charge is 0.507 e. The van der Waals surface area contributed by atoms with Crippen LogP contribution < -0.4 is 10.6 Å². The van der Waals surface area contributed by atoms with E-state index in [1.165, 1.54) is 0 Å². The fourth-order valence-electron chi connectivity index (χ4n) is 1.54. The van der Waals surface area contributed by atoms with Crippen molar-refractivity contribution in [3.05, 3.63) is 23.3 Å². The first-order valence-corrected chi connectivity index (χ1v) is 5.85. The molecule has 1 aromatic carbocycles. The van der Waals surface area contributed by atoms with Crippen molar-refractivity contribution >= 4 is 11.6 Å². The Morgan fingerprint density at radius 1 is 1.39 bits per heavy atom. The van der Waals surface area contributed by atoms with Gasteiger partial charge in [-0.2, -0.15) is 0 Å². The third kappa shape index (κ3) is 4.01. The molecule has 5 heteroatoms. The number of hydrogen-bond acceptors (Lipinski definition) is 4. The summed E-state index contributed by atoms with van der Waals surface area (Å²) in [5.74, 6) is 0.0811. The number of phenolic OH excluding ortho intramolecular Hbond substituents is 1. The van der Waals surface area contributed by atoms with Gasteiger partial charge in [0.2, 0.25) is 5.91 Å². The van der Waals surface area contributed by atoms with Gasteiger partial charge in [-0.05, 0) is 25.5 Å². The smallest absolute Gasteiger partial charge is 0.238 e. The highest BCUT2D eigenvalue weighted by Crippen LogP contribution is 2.27. The number of nitrogens with one attached hydrogen (secondary N) is 2. The zero-order valence-corrected chi connectivity index (χ0v) is 11.0. The number of ether oxygens (including phenoxy) is 1. The van der Waals surface area contributed by atoms with Gasteiger partial charge in [0.1, 0.15) is 5.75 Å². The van der Waals surface area contributed by atoms with E-state index in [1.807, 2.05) is 6.92 Å². The molecule has 0 saturated heterocycles. The van der Waals surface area contributed by atoms with E-state index in [1.54, 1.807) is 26.2 Å². The highest BCUT2D eigenvalue weighted by atomic mass is 16.5. The Morgan fingerprint density at radius 3 is 2.78 bits per heavy atom. The van der Waals surface area contributed by atoms with Crippen molar-refractivity contribution in [2.75, 3.05) is 32.1 Å². The first-order chi connectivity index (χ1) is 8.56. The summed E-state index contributed by atoms with van der Waals surface area (Å²) in [6, 6.07) is 3.56. The summed E-state index contributed by atoms with van der Waals surface area (Å²) in [6.07, 6.45) is 0. The van der Waals surface area contributed by atoms with Gasteiger partial charge in [0.05, 0.1) is 13.2 Å². The Kier molecular flexibility index (Phi) is 5.61. The number of phenols is 1. The molecular weight excluding hydrogens is 232 g/mol. The molecule has 0 heterocycles. The monoisotopic (exact) mass is 252 g/mol. The van der Waals surface area contributed by atoms with Gasteiger partial charge in [0.25, 0.3) is 0 Å². The lowest BCUT2D eigenvalue weighted by Crippen LogP contribution is -2.30. The number of aryl methyl sites for hydroxylation is 1. The van der Waals surface area contributed by atoms with E-state index in [0.717, 1.165) is 5.56 Å². The van der Waals surface area contributed by atoms with Crippen LogP contribution in [0.3, 0.4) is 0 Å². The van der Waals surface area contributed by atoms with Crippen molar-refractivity contribution in [3.63, 3.8) is 0 Å². The molecule has 1 rings (SSSR count). The molecule has 0 aliphatic heterocycles. The first-order valence-electron chi connectivity index (χ1n) is 5.85. The summed E-state index contributed by atoms with van der Waals surface area (Å²) in [4.78, 5) is 11.6. The van der Waals surface area contributed by atoms with E-state index < -0.39 is 0 Å². The van der Waals surface area contributed by atoms with Gasteiger partial charge in [0.15, 0.2) is 0 Å². The fraction of sp³-hybridized carbons (Fsp3) is 0.462. The number of benzene rings is 1. The highest BCUT2D eigenvalue weighted by molar-refractivity contribution is 5.93. The fourth-order valence-corrected chi connectivity index (χ4v) is 1.54. The predicted molar refractivity (Wildman–Crippen MR) is 71.0 cm³/mol. The molecule has 0 saturated carbocycles. The van der Waals surface area contributed by atoms with Crippen molar-refractivity contribution in [2.24, 2.45) is 0 Å². The molecule has 1 aromatic rings. The van der Waals surface area contributed by atoms with E-state index in [4.69, 9.17) is 4.74 Å². The molecule has 1 amide bonds. The molecule has 18 heavy (non-hydrogen) atoms. The van der Waals surface area contributed by atoms with E-state index in [2.05, 4.69) is 10.6 Å². The lowest BCUT2D eigenvalue weighted by Gasteiger charge is -2.11. The summed E-state index contributed by atoms with van der Waals surface area (Å²) >= 11 is 0. The minimum atomic E-state index is -0.141. The molecule has 100 valence electrons. The van der Waals surface area contributed by atoms with Crippen LogP contribution in [0.15, 0.2) is 12.1 Å². The van der Waals surface area contributed by atoms with E-state index in [9.17, 15) is 9.90 Å². The van der Waals surface area contributed by atoms with Gasteiger partial charge in [0, 0.05) is 24.9 Å². The van der Waals surface area contributed by atoms with Crippen LogP contribution in [0.2, 0.25) is 0 Å². The summed E-state index contributed by atoms with van der Waals surface area (Å²) < 4.78 is 4.86. The number of rotatable bonds is 6. The van der Waals surface area contributed by atoms with Crippen molar-refractivity contribution in [1.82, 2.24) is 5.32 Å². The topological polar surface area (TPSA) is 70.6 Å². The average Bonchev–Trinajstić information content (AvgIpc) is 2.35. The van der Waals surface area contributed by atoms with E-state index in [0.29, 0.717) is 24.4 Å². The van der Waals surface area contributed by atoms with Crippen molar-refractivity contribution in [2.45, 2.75) is 13.8 Å². The number of anilines is 1. The Morgan fingerprint density at radius 2 is 2.11 bits per heavy atom. The maximum atomic E-state index is 11.6. The maximum absolute atomic E-state index is 11.6. The van der Waals surface area contributed by atoms with Crippen LogP contribution in [-0.4, -0.2) is 37.8 Å². The third-order valence-corrected chi connectivity index (χ3v) is 2.68. The maximum Gasteiger partial charge on any atom is 0.238 e. The number of hydrogen-bond donors (Lipinski definition) is 3. The van der Waals surface area contributed by atoms with Crippen LogP contribution in [0.5, 0.6) is 5.75 Å². The SMILES string of the molecule is COCCNCC(=O)Nc1ccc(C)c(O)c1C. The molecule has 0 aliphatic rings. The average molecular weight is 252 g/mol. The number of amides is 1. The minimum absolute atomic E-state index is 0.141. The minimum Gasteiger partial charge on any atom is -0.507 e. The Balaban J connectivity index is 2.52. The summed E-state index contributed by atoms with van der Waals surface area (Å²) in [5.41, 5.74) is 2.11. The van der Waals surface area contributed by atoms with Gasteiger partial charge in [-0.1, -0.05) is 6.07 Å². The Bertz CT molecular complexity index is 419. The summed E-state index contributed by atoms with van der Waals surface area (Å²) in [6.45, 7) is 5.01. The van der Waals surface area contributed by atoms with Crippen molar-refractivity contribution in [1.29, 1.82) is 0 Å². The highest BCUT2D eigenvalue weighted by Gasteiger charge is 2.08. The van der Waals surface area contributed by atoms with Gasteiger partial charge < -0.3 is 20.5 Å². The van der Waals surface area contributed by atoms with Crippen LogP contribution in [-0.2, 0) is 9.53 Å². The number of aromatic hydroxyl groups is 1. The molecule has 0 atom stereocenters. The zero-order valence-electron chi connectivity index (χ0n) is 11.0. The van der Waals surface area contributed by atoms with Gasteiger partial charge >= 0.3 is 0 Å². The van der Waals surface area contributed by atoms with Crippen LogP contribution >= 0.6 is 0 Å². The number of methoxy groups -OCH3 is 1. The normalized spacial score (nSPS) is 10.4. The summed E-state index contributed by atoms with van der Waals surface area (Å²) in [7, 11) is 1.61. The standard InChI is InChI=1S/C13H20N2O3/c1-9-4-5-11(10(2)13(9)17)15-12(16)8-14-6-7-18-3/h4-5,14,17H,6-8H2,1-3H3,(H,15,16). The summed E-state index contributed by atoms with van der Waals surface area (Å²) in [5, 5.41) is 15.5. The molecule has 5 nitrogen and oxygen atoms in total. The van der Waals surface area contributed by atoms with Crippen molar-refractivity contribution in [3.8, 4) is 5.75 Å². The van der Waals surface area contributed by atoms with E-state index in [-0.39, 0.29) is 18.2 Å². The third-order valence-electron chi connectivity index (χ3n) is 2.68. The lowest BCUT2D eigenvalue weighted by atomic mass is 10.1. The second kappa shape index (κ2) is 6.98. The molecule has 0 aliphatic carbocycles. The second-order valence-corrected chi connectivity index (χ2v) is 4.12. The quantitative estimate of drug-likeness (QED) is 0.665. The Labute approximate surface area is 107 Å². The number of carbonyl (C=O) groups is 1. The second-order valence-electron chi connectivity index (χ2n) is 4.12. The van der Waals surface area contributed by atoms with E-state index >= 15 is 0 Å². The zero-order chi connectivity index (χ0) is 13.5.